The molecule has 1 heterocycles. The topological polar surface area (TPSA) is 35.0 Å². The fourth-order valence-corrected chi connectivity index (χ4v) is 2.24. The Morgan fingerprint density at radius 3 is 2.48 bits per heavy atom. The smallest absolute Gasteiger partial charge is 0.224 e. The summed E-state index contributed by atoms with van der Waals surface area (Å²) in [5.41, 5.74) is 1.32. The van der Waals surface area contributed by atoms with Gasteiger partial charge in [-0.25, -0.2) is 4.98 Å². The van der Waals surface area contributed by atoms with Crippen LogP contribution in [0.5, 0.6) is 11.6 Å². The summed E-state index contributed by atoms with van der Waals surface area (Å²) in [6, 6.07) is 9.77. The lowest BCUT2D eigenvalue weighted by Gasteiger charge is -2.10. The SMILES string of the molecule is CCCc1nc(Cl)cc(Oc2ccc(C(C)CC)cc2)n1. The Labute approximate surface area is 131 Å². The predicted molar refractivity (Wildman–Crippen MR) is 86.3 cm³/mol. The Balaban J connectivity index is 2.14. The fraction of sp³-hybridized carbons (Fsp3) is 0.412. The largest absolute Gasteiger partial charge is 0.439 e. The van der Waals surface area contributed by atoms with E-state index < -0.39 is 0 Å². The minimum absolute atomic E-state index is 0.416. The molecule has 0 amide bonds. The zero-order valence-electron chi connectivity index (χ0n) is 12.8. The number of aryl methyl sites for hydroxylation is 1. The summed E-state index contributed by atoms with van der Waals surface area (Å²) in [6.45, 7) is 6.49. The van der Waals surface area contributed by atoms with Crippen LogP contribution in [0, 0.1) is 0 Å². The molecule has 0 saturated heterocycles. The van der Waals surface area contributed by atoms with Crippen LogP contribution in [-0.2, 0) is 6.42 Å². The van der Waals surface area contributed by atoms with E-state index in [4.69, 9.17) is 16.3 Å². The van der Waals surface area contributed by atoms with Crippen LogP contribution in [-0.4, -0.2) is 9.97 Å². The van der Waals surface area contributed by atoms with E-state index in [2.05, 4.69) is 42.9 Å². The second-order valence-electron chi connectivity index (χ2n) is 5.18. The molecule has 0 aliphatic rings. The van der Waals surface area contributed by atoms with Crippen LogP contribution in [0.2, 0.25) is 5.15 Å². The van der Waals surface area contributed by atoms with Crippen molar-refractivity contribution in [3.8, 4) is 11.6 Å². The highest BCUT2D eigenvalue weighted by Gasteiger charge is 2.07. The molecule has 4 heteroatoms. The van der Waals surface area contributed by atoms with Gasteiger partial charge in [-0.2, -0.15) is 4.98 Å². The van der Waals surface area contributed by atoms with Gasteiger partial charge in [0.2, 0.25) is 5.88 Å². The molecule has 1 atom stereocenters. The van der Waals surface area contributed by atoms with E-state index in [1.54, 1.807) is 6.07 Å². The standard InChI is InChI=1S/C17H21ClN2O/c1-4-6-16-19-15(18)11-17(20-16)21-14-9-7-13(8-10-14)12(3)5-2/h7-12H,4-6H2,1-3H3. The first-order valence-corrected chi connectivity index (χ1v) is 7.81. The number of hydrogen-bond donors (Lipinski definition) is 0. The van der Waals surface area contributed by atoms with E-state index >= 15 is 0 Å². The average molecular weight is 305 g/mol. The second-order valence-corrected chi connectivity index (χ2v) is 5.56. The molecule has 0 bridgehead atoms. The van der Waals surface area contributed by atoms with Crippen LogP contribution in [0.1, 0.15) is 50.9 Å². The highest BCUT2D eigenvalue weighted by Crippen LogP contribution is 2.25. The molecule has 0 spiro atoms. The van der Waals surface area contributed by atoms with E-state index in [1.807, 2.05) is 12.1 Å². The van der Waals surface area contributed by atoms with E-state index in [1.165, 1.54) is 5.56 Å². The molecule has 0 radical (unpaired) electrons. The second kappa shape index (κ2) is 7.41. The highest BCUT2D eigenvalue weighted by atomic mass is 35.5. The van der Waals surface area contributed by atoms with Gasteiger partial charge in [-0.1, -0.05) is 44.5 Å². The van der Waals surface area contributed by atoms with Crippen molar-refractivity contribution < 1.29 is 4.74 Å². The summed E-state index contributed by atoms with van der Waals surface area (Å²) >= 11 is 6.01. The number of benzene rings is 1. The molecule has 112 valence electrons. The lowest BCUT2D eigenvalue weighted by atomic mass is 9.99. The summed E-state index contributed by atoms with van der Waals surface area (Å²) in [6.07, 6.45) is 2.90. The first-order chi connectivity index (χ1) is 10.1. The summed E-state index contributed by atoms with van der Waals surface area (Å²) in [7, 11) is 0. The van der Waals surface area contributed by atoms with Crippen LogP contribution in [0.15, 0.2) is 30.3 Å². The van der Waals surface area contributed by atoms with Gasteiger partial charge in [0.05, 0.1) is 0 Å². The van der Waals surface area contributed by atoms with Crippen LogP contribution in [0.3, 0.4) is 0 Å². The number of aromatic nitrogens is 2. The van der Waals surface area contributed by atoms with Crippen LogP contribution < -0.4 is 4.74 Å². The summed E-state index contributed by atoms with van der Waals surface area (Å²) in [5, 5.41) is 0.416. The normalized spacial score (nSPS) is 12.2. The lowest BCUT2D eigenvalue weighted by molar-refractivity contribution is 0.458. The van der Waals surface area contributed by atoms with Crippen molar-refractivity contribution in [2.24, 2.45) is 0 Å². The monoisotopic (exact) mass is 304 g/mol. The first kappa shape index (κ1) is 15.8. The highest BCUT2D eigenvalue weighted by molar-refractivity contribution is 6.29. The quantitative estimate of drug-likeness (QED) is 0.671. The van der Waals surface area contributed by atoms with Crippen molar-refractivity contribution in [2.45, 2.75) is 46.0 Å². The molecular weight excluding hydrogens is 284 g/mol. The van der Waals surface area contributed by atoms with Crippen LogP contribution >= 0.6 is 11.6 Å². The maximum absolute atomic E-state index is 6.01. The third kappa shape index (κ3) is 4.43. The summed E-state index contributed by atoms with van der Waals surface area (Å²) in [4.78, 5) is 8.56. The first-order valence-electron chi connectivity index (χ1n) is 7.43. The van der Waals surface area contributed by atoms with Gasteiger partial charge in [0.1, 0.15) is 16.7 Å². The Morgan fingerprint density at radius 2 is 1.86 bits per heavy atom. The maximum Gasteiger partial charge on any atom is 0.224 e. The van der Waals surface area contributed by atoms with Crippen molar-refractivity contribution in [3.05, 3.63) is 46.9 Å². The molecule has 1 unspecified atom stereocenters. The minimum atomic E-state index is 0.416. The third-order valence-electron chi connectivity index (χ3n) is 3.48. The summed E-state index contributed by atoms with van der Waals surface area (Å²) < 4.78 is 5.78. The molecule has 21 heavy (non-hydrogen) atoms. The number of rotatable bonds is 6. The predicted octanol–water partition coefficient (Wildman–Crippen LogP) is 5.39. The third-order valence-corrected chi connectivity index (χ3v) is 3.67. The van der Waals surface area contributed by atoms with Crippen molar-refractivity contribution in [1.29, 1.82) is 0 Å². The Morgan fingerprint density at radius 1 is 1.14 bits per heavy atom. The molecule has 1 aromatic heterocycles. The van der Waals surface area contributed by atoms with E-state index in [-0.39, 0.29) is 0 Å². The lowest BCUT2D eigenvalue weighted by Crippen LogP contribution is -1.98. The molecule has 0 fully saturated rings. The minimum Gasteiger partial charge on any atom is -0.439 e. The van der Waals surface area contributed by atoms with Gasteiger partial charge < -0.3 is 4.74 Å². The van der Waals surface area contributed by atoms with Crippen molar-refractivity contribution in [3.63, 3.8) is 0 Å². The molecule has 1 aromatic carbocycles. The van der Waals surface area contributed by atoms with Gasteiger partial charge in [0, 0.05) is 12.5 Å². The van der Waals surface area contributed by atoms with Gasteiger partial charge in [-0.05, 0) is 36.5 Å². The molecule has 0 aliphatic heterocycles. The molecule has 0 aliphatic carbocycles. The fourth-order valence-electron chi connectivity index (χ4n) is 2.05. The van der Waals surface area contributed by atoms with E-state index in [9.17, 15) is 0 Å². The Hall–Kier alpha value is -1.61. The van der Waals surface area contributed by atoms with E-state index in [0.29, 0.717) is 17.0 Å². The number of hydrogen-bond acceptors (Lipinski definition) is 3. The van der Waals surface area contributed by atoms with Crippen molar-refractivity contribution in [1.82, 2.24) is 9.97 Å². The van der Waals surface area contributed by atoms with Crippen molar-refractivity contribution >= 4 is 11.6 Å². The maximum atomic E-state index is 6.01. The summed E-state index contributed by atoms with van der Waals surface area (Å²) in [5.74, 6) is 2.54. The van der Waals surface area contributed by atoms with Gasteiger partial charge in [-0.3, -0.25) is 0 Å². The molecular formula is C17H21ClN2O. The average Bonchev–Trinajstić information content (AvgIpc) is 2.47. The van der Waals surface area contributed by atoms with Gasteiger partial charge in [0.25, 0.3) is 0 Å². The van der Waals surface area contributed by atoms with Gasteiger partial charge >= 0.3 is 0 Å². The van der Waals surface area contributed by atoms with Crippen LogP contribution in [0.4, 0.5) is 0 Å². The zero-order chi connectivity index (χ0) is 15.2. The Bertz CT molecular complexity index is 584. The van der Waals surface area contributed by atoms with E-state index in [0.717, 1.165) is 30.8 Å². The molecule has 0 N–H and O–H groups in total. The van der Waals surface area contributed by atoms with Crippen LogP contribution in [0.25, 0.3) is 0 Å². The van der Waals surface area contributed by atoms with Crippen molar-refractivity contribution in [2.75, 3.05) is 0 Å². The number of ether oxygens (including phenoxy) is 1. The number of nitrogens with zero attached hydrogens (tertiary/aromatic N) is 2. The molecule has 3 nitrogen and oxygen atoms in total. The van der Waals surface area contributed by atoms with Gasteiger partial charge in [-0.15, -0.1) is 0 Å². The molecule has 2 rings (SSSR count). The zero-order valence-corrected chi connectivity index (χ0v) is 13.5. The number of halogens is 1. The Kier molecular flexibility index (Phi) is 5.57. The van der Waals surface area contributed by atoms with Gasteiger partial charge in [0.15, 0.2) is 0 Å². The molecule has 2 aromatic rings. The molecule has 0 saturated carbocycles.